The normalized spacial score (nSPS) is 12.6. The number of Topliss-reactive ketones (excluding diaryl/α,β-unsaturated/α-hetero) is 1. The molecule has 0 unspecified atom stereocenters. The van der Waals surface area contributed by atoms with Gasteiger partial charge in [-0.2, -0.15) is 0 Å². The van der Waals surface area contributed by atoms with Gasteiger partial charge in [0, 0.05) is 17.5 Å². The molecular formula is C37H62O4. The number of phenols is 1. The number of benzene rings is 1. The highest BCUT2D eigenvalue weighted by Gasteiger charge is 2.27. The molecule has 4 nitrogen and oxygen atoms in total. The van der Waals surface area contributed by atoms with Crippen molar-refractivity contribution in [2.75, 3.05) is 0 Å². The van der Waals surface area contributed by atoms with E-state index in [2.05, 4.69) is 6.92 Å². The van der Waals surface area contributed by atoms with Crippen molar-refractivity contribution in [3.05, 3.63) is 34.4 Å². The van der Waals surface area contributed by atoms with Crippen LogP contribution in [0.3, 0.4) is 0 Å². The molecular weight excluding hydrogens is 508 g/mol. The van der Waals surface area contributed by atoms with Gasteiger partial charge >= 0.3 is 5.97 Å². The maximum absolute atomic E-state index is 12.9. The monoisotopic (exact) mass is 570 g/mol. The number of unbranched alkanes of at least 4 members (excludes halogenated alkanes) is 16. The van der Waals surface area contributed by atoms with Gasteiger partial charge in [0.15, 0.2) is 5.78 Å². The van der Waals surface area contributed by atoms with Gasteiger partial charge in [-0.1, -0.05) is 151 Å². The summed E-state index contributed by atoms with van der Waals surface area (Å²) in [7, 11) is 0. The molecule has 0 spiro atoms. The van der Waals surface area contributed by atoms with Gasteiger partial charge < -0.3 is 10.2 Å². The van der Waals surface area contributed by atoms with Gasteiger partial charge in [0.05, 0.1) is 0 Å². The maximum atomic E-state index is 12.9. The Hall–Kier alpha value is -2.10. The van der Waals surface area contributed by atoms with Crippen molar-refractivity contribution >= 4 is 17.8 Å². The number of hydrogen-bond donors (Lipinski definition) is 2. The molecule has 4 heteroatoms. The van der Waals surface area contributed by atoms with Crippen molar-refractivity contribution in [1.82, 2.24) is 0 Å². The van der Waals surface area contributed by atoms with Crippen LogP contribution >= 0.6 is 0 Å². The molecule has 0 saturated carbocycles. The Bertz CT molecular complexity index is 908. The summed E-state index contributed by atoms with van der Waals surface area (Å²) in [5.41, 5.74) is 1.32. The summed E-state index contributed by atoms with van der Waals surface area (Å²) in [5, 5.41) is 20.8. The number of carboxylic acids is 1. The second kappa shape index (κ2) is 19.2. The van der Waals surface area contributed by atoms with Crippen molar-refractivity contribution in [2.24, 2.45) is 0 Å². The number of hydrogen-bond acceptors (Lipinski definition) is 3. The van der Waals surface area contributed by atoms with E-state index in [9.17, 15) is 19.8 Å². The molecule has 0 atom stereocenters. The molecule has 0 saturated heterocycles. The molecule has 0 aliphatic heterocycles. The standard InChI is InChI=1S/C37H62O4/c1-8-9-10-11-12-13-14-15-16-17-18-19-20-21-22-23-24-25-33(38)30(35(40)41)26-29-27-31(36(2,3)4)34(39)32(28-29)37(5,6)7/h26-28,39H,8-25H2,1-7H3,(H,40,41)/b30-26+. The Kier molecular flexibility index (Phi) is 17.3. The number of carbonyl (C=O) groups is 2. The maximum Gasteiger partial charge on any atom is 0.339 e. The Morgan fingerprint density at radius 3 is 1.29 bits per heavy atom. The van der Waals surface area contributed by atoms with Crippen LogP contribution in [0, 0.1) is 0 Å². The van der Waals surface area contributed by atoms with Gasteiger partial charge in [0.2, 0.25) is 0 Å². The number of rotatable bonds is 21. The first-order valence-electron chi connectivity index (χ1n) is 16.6. The predicted octanol–water partition coefficient (Wildman–Crippen LogP) is 11.1. The van der Waals surface area contributed by atoms with E-state index in [1.807, 2.05) is 53.7 Å². The van der Waals surface area contributed by atoms with Crippen LogP contribution in [0.2, 0.25) is 0 Å². The predicted molar refractivity (Wildman–Crippen MR) is 175 cm³/mol. The first-order chi connectivity index (χ1) is 19.3. The third-order valence-corrected chi connectivity index (χ3v) is 8.10. The lowest BCUT2D eigenvalue weighted by atomic mass is 9.78. The number of aliphatic carboxylic acids is 1. The summed E-state index contributed by atoms with van der Waals surface area (Å²) in [6.45, 7) is 14.4. The molecule has 234 valence electrons. The van der Waals surface area contributed by atoms with Gasteiger partial charge in [-0.15, -0.1) is 0 Å². The Morgan fingerprint density at radius 1 is 0.634 bits per heavy atom. The van der Waals surface area contributed by atoms with E-state index in [0.29, 0.717) is 5.56 Å². The van der Waals surface area contributed by atoms with E-state index in [1.165, 1.54) is 96.0 Å². The number of carbonyl (C=O) groups excluding carboxylic acids is 1. The van der Waals surface area contributed by atoms with E-state index in [-0.39, 0.29) is 34.4 Å². The number of phenolic OH excluding ortho intramolecular Hbond substituents is 1. The first-order valence-corrected chi connectivity index (χ1v) is 16.6. The minimum atomic E-state index is -1.19. The van der Waals surface area contributed by atoms with Crippen LogP contribution in [-0.4, -0.2) is 22.0 Å². The van der Waals surface area contributed by atoms with Crippen LogP contribution in [0.25, 0.3) is 6.08 Å². The molecule has 0 fully saturated rings. The second-order valence-electron chi connectivity index (χ2n) is 14.2. The van der Waals surface area contributed by atoms with Crippen LogP contribution in [-0.2, 0) is 20.4 Å². The van der Waals surface area contributed by atoms with Gasteiger partial charge in [0.25, 0.3) is 0 Å². The highest BCUT2D eigenvalue weighted by atomic mass is 16.4. The second-order valence-corrected chi connectivity index (χ2v) is 14.2. The third-order valence-electron chi connectivity index (χ3n) is 8.10. The third kappa shape index (κ3) is 15.1. The van der Waals surface area contributed by atoms with E-state index in [0.717, 1.165) is 30.4 Å². The summed E-state index contributed by atoms with van der Waals surface area (Å²) >= 11 is 0. The molecule has 0 aromatic heterocycles. The van der Waals surface area contributed by atoms with E-state index < -0.39 is 5.97 Å². The summed E-state index contributed by atoms with van der Waals surface area (Å²) < 4.78 is 0. The Labute approximate surface area is 252 Å². The van der Waals surface area contributed by atoms with E-state index >= 15 is 0 Å². The number of ketones is 1. The fourth-order valence-corrected chi connectivity index (χ4v) is 5.46. The quantitative estimate of drug-likeness (QED) is 0.0667. The van der Waals surface area contributed by atoms with Gasteiger partial charge in [-0.25, -0.2) is 4.79 Å². The highest BCUT2D eigenvalue weighted by Crippen LogP contribution is 2.40. The summed E-state index contributed by atoms with van der Waals surface area (Å²) in [6, 6.07) is 3.63. The van der Waals surface area contributed by atoms with Crippen LogP contribution in [0.4, 0.5) is 0 Å². The van der Waals surface area contributed by atoms with Crippen molar-refractivity contribution in [3.63, 3.8) is 0 Å². The van der Waals surface area contributed by atoms with Crippen molar-refractivity contribution in [2.45, 2.75) is 175 Å². The van der Waals surface area contributed by atoms with Crippen LogP contribution in [0.15, 0.2) is 17.7 Å². The molecule has 0 bridgehead atoms. The fraction of sp³-hybridized carbons (Fsp3) is 0.730. The zero-order chi connectivity index (χ0) is 30.9. The summed E-state index contributed by atoms with van der Waals surface area (Å²) in [5.74, 6) is -1.26. The van der Waals surface area contributed by atoms with Gasteiger partial charge in [0.1, 0.15) is 11.3 Å². The molecule has 2 N–H and O–H groups in total. The first kappa shape index (κ1) is 36.9. The smallest absolute Gasteiger partial charge is 0.339 e. The summed E-state index contributed by atoms with van der Waals surface area (Å²) in [6.07, 6.45) is 23.4. The molecule has 0 heterocycles. The lowest BCUT2D eigenvalue weighted by Gasteiger charge is -2.28. The van der Waals surface area contributed by atoms with Gasteiger partial charge in [-0.05, 0) is 41.0 Å². The van der Waals surface area contributed by atoms with Crippen LogP contribution < -0.4 is 0 Å². The molecule has 1 rings (SSSR count). The lowest BCUT2D eigenvalue weighted by Crippen LogP contribution is -2.18. The largest absolute Gasteiger partial charge is 0.507 e. The lowest BCUT2D eigenvalue weighted by molar-refractivity contribution is -0.134. The van der Waals surface area contributed by atoms with Crippen molar-refractivity contribution < 1.29 is 19.8 Å². The molecule has 0 radical (unpaired) electrons. The zero-order valence-electron chi connectivity index (χ0n) is 27.7. The summed E-state index contributed by atoms with van der Waals surface area (Å²) in [4.78, 5) is 24.9. The molecule has 41 heavy (non-hydrogen) atoms. The van der Waals surface area contributed by atoms with E-state index in [1.54, 1.807) is 0 Å². The Morgan fingerprint density at radius 2 is 0.976 bits per heavy atom. The topological polar surface area (TPSA) is 74.6 Å². The van der Waals surface area contributed by atoms with E-state index in [4.69, 9.17) is 0 Å². The minimum absolute atomic E-state index is 0.174. The molecule has 0 amide bonds. The van der Waals surface area contributed by atoms with Crippen molar-refractivity contribution in [3.8, 4) is 5.75 Å². The highest BCUT2D eigenvalue weighted by molar-refractivity contribution is 6.20. The van der Waals surface area contributed by atoms with Crippen LogP contribution in [0.5, 0.6) is 5.75 Å². The number of aromatic hydroxyl groups is 1. The van der Waals surface area contributed by atoms with Crippen molar-refractivity contribution in [1.29, 1.82) is 0 Å². The molecule has 1 aromatic rings. The SMILES string of the molecule is CCCCCCCCCCCCCCCCCCCC(=O)/C(=C\c1cc(C(C)(C)C)c(O)c(C(C)(C)C)c1)C(=O)O. The average Bonchev–Trinajstić information content (AvgIpc) is 2.88. The fourth-order valence-electron chi connectivity index (χ4n) is 5.46. The molecule has 1 aromatic carbocycles. The number of carboxylic acid groups (broad SMARTS) is 1. The van der Waals surface area contributed by atoms with Gasteiger partial charge in [-0.3, -0.25) is 4.79 Å². The average molecular weight is 571 g/mol. The van der Waals surface area contributed by atoms with Crippen LogP contribution in [0.1, 0.15) is 181 Å². The zero-order valence-corrected chi connectivity index (χ0v) is 27.7. The molecule has 0 aliphatic rings. The Balaban J connectivity index is 2.43. The minimum Gasteiger partial charge on any atom is -0.507 e. The molecule has 0 aliphatic carbocycles.